The quantitative estimate of drug-likeness (QED) is 0.824. The van der Waals surface area contributed by atoms with E-state index in [9.17, 15) is 0 Å². The van der Waals surface area contributed by atoms with Crippen molar-refractivity contribution in [2.75, 3.05) is 0 Å². The third-order valence-corrected chi connectivity index (χ3v) is 2.65. The molecule has 14 heavy (non-hydrogen) atoms. The van der Waals surface area contributed by atoms with E-state index in [-0.39, 0.29) is 11.5 Å². The maximum atomic E-state index is 6.15. The van der Waals surface area contributed by atoms with Crippen LogP contribution in [0.15, 0.2) is 6.20 Å². The van der Waals surface area contributed by atoms with E-state index in [4.69, 9.17) is 17.3 Å². The van der Waals surface area contributed by atoms with Gasteiger partial charge in [0.2, 0.25) is 0 Å². The van der Waals surface area contributed by atoms with Crippen LogP contribution in [0.5, 0.6) is 0 Å². The van der Waals surface area contributed by atoms with Gasteiger partial charge >= 0.3 is 0 Å². The summed E-state index contributed by atoms with van der Waals surface area (Å²) in [6, 6.07) is -0.0857. The van der Waals surface area contributed by atoms with Crippen molar-refractivity contribution in [1.29, 1.82) is 0 Å². The molecule has 80 valence electrons. The molecule has 0 aliphatic heterocycles. The Labute approximate surface area is 90.2 Å². The number of nitrogens with two attached hydrogens (primary N) is 1. The van der Waals surface area contributed by atoms with Crippen molar-refractivity contribution in [3.8, 4) is 0 Å². The zero-order valence-electron chi connectivity index (χ0n) is 9.21. The molecule has 1 aromatic heterocycles. The van der Waals surface area contributed by atoms with E-state index < -0.39 is 0 Å². The van der Waals surface area contributed by atoms with Gasteiger partial charge in [-0.15, -0.1) is 0 Å². The van der Waals surface area contributed by atoms with Gasteiger partial charge in [-0.2, -0.15) is 5.10 Å². The van der Waals surface area contributed by atoms with Gasteiger partial charge in [-0.3, -0.25) is 4.68 Å². The molecule has 1 unspecified atom stereocenters. The second-order valence-corrected chi connectivity index (χ2v) is 4.94. The molecule has 4 heteroatoms. The summed E-state index contributed by atoms with van der Waals surface area (Å²) < 4.78 is 1.86. The minimum atomic E-state index is -0.0857. The highest BCUT2D eigenvalue weighted by Crippen LogP contribution is 2.33. The SMILES string of the molecule is CCn1ncc(Cl)c1C(N)C(C)(C)C. The van der Waals surface area contributed by atoms with Crippen molar-refractivity contribution < 1.29 is 0 Å². The highest BCUT2D eigenvalue weighted by molar-refractivity contribution is 6.31. The maximum Gasteiger partial charge on any atom is 0.0834 e. The molecule has 1 aromatic rings. The highest BCUT2D eigenvalue weighted by Gasteiger charge is 2.27. The van der Waals surface area contributed by atoms with Gasteiger partial charge in [-0.1, -0.05) is 32.4 Å². The van der Waals surface area contributed by atoms with E-state index in [2.05, 4.69) is 25.9 Å². The predicted molar refractivity (Wildman–Crippen MR) is 59.3 cm³/mol. The topological polar surface area (TPSA) is 43.8 Å². The number of aromatic nitrogens is 2. The number of rotatable bonds is 2. The normalized spacial score (nSPS) is 14.4. The van der Waals surface area contributed by atoms with Gasteiger partial charge in [0.15, 0.2) is 0 Å². The largest absolute Gasteiger partial charge is 0.322 e. The number of aryl methyl sites for hydroxylation is 1. The lowest BCUT2D eigenvalue weighted by Crippen LogP contribution is -2.29. The number of hydrogen-bond acceptors (Lipinski definition) is 2. The van der Waals surface area contributed by atoms with Gasteiger partial charge in [0.25, 0.3) is 0 Å². The van der Waals surface area contributed by atoms with Crippen LogP contribution in [0.3, 0.4) is 0 Å². The van der Waals surface area contributed by atoms with E-state index in [0.29, 0.717) is 5.02 Å². The second kappa shape index (κ2) is 3.91. The Morgan fingerprint density at radius 3 is 2.57 bits per heavy atom. The second-order valence-electron chi connectivity index (χ2n) is 4.54. The molecule has 0 spiro atoms. The molecular weight excluding hydrogens is 198 g/mol. The molecule has 0 aliphatic rings. The average molecular weight is 216 g/mol. The molecule has 1 atom stereocenters. The van der Waals surface area contributed by atoms with Crippen LogP contribution in [-0.2, 0) is 6.54 Å². The third-order valence-electron chi connectivity index (χ3n) is 2.36. The zero-order chi connectivity index (χ0) is 10.9. The van der Waals surface area contributed by atoms with Crippen LogP contribution >= 0.6 is 11.6 Å². The molecule has 0 saturated carbocycles. The van der Waals surface area contributed by atoms with Crippen molar-refractivity contribution in [2.45, 2.75) is 40.3 Å². The Bertz CT molecular complexity index is 312. The third kappa shape index (κ3) is 2.10. The molecule has 0 aliphatic carbocycles. The minimum absolute atomic E-state index is 0.00338. The fraction of sp³-hybridized carbons (Fsp3) is 0.700. The maximum absolute atomic E-state index is 6.15. The van der Waals surface area contributed by atoms with Crippen LogP contribution in [0.25, 0.3) is 0 Å². The van der Waals surface area contributed by atoms with E-state index in [1.165, 1.54) is 0 Å². The summed E-state index contributed by atoms with van der Waals surface area (Å²) in [5.74, 6) is 0. The Hall–Kier alpha value is -0.540. The van der Waals surface area contributed by atoms with Gasteiger partial charge in [0.05, 0.1) is 23.0 Å². The summed E-state index contributed by atoms with van der Waals surface area (Å²) in [4.78, 5) is 0. The Kier molecular flexibility index (Phi) is 3.22. The van der Waals surface area contributed by atoms with E-state index in [1.807, 2.05) is 11.6 Å². The molecular formula is C10H18ClN3. The average Bonchev–Trinajstić information content (AvgIpc) is 2.43. The molecule has 2 N–H and O–H groups in total. The van der Waals surface area contributed by atoms with Crippen molar-refractivity contribution in [2.24, 2.45) is 11.1 Å². The Morgan fingerprint density at radius 1 is 1.57 bits per heavy atom. The number of hydrogen-bond donors (Lipinski definition) is 1. The first kappa shape index (κ1) is 11.5. The molecule has 3 nitrogen and oxygen atoms in total. The van der Waals surface area contributed by atoms with Crippen LogP contribution in [0, 0.1) is 5.41 Å². The first-order valence-corrected chi connectivity index (χ1v) is 5.22. The fourth-order valence-electron chi connectivity index (χ4n) is 1.34. The van der Waals surface area contributed by atoms with Gasteiger partial charge in [0.1, 0.15) is 0 Å². The summed E-state index contributed by atoms with van der Waals surface area (Å²) in [6.07, 6.45) is 1.66. The van der Waals surface area contributed by atoms with E-state index >= 15 is 0 Å². The Morgan fingerprint density at radius 2 is 2.14 bits per heavy atom. The van der Waals surface area contributed by atoms with Gasteiger partial charge < -0.3 is 5.73 Å². The summed E-state index contributed by atoms with van der Waals surface area (Å²) in [7, 11) is 0. The molecule has 0 amide bonds. The van der Waals surface area contributed by atoms with Crippen LogP contribution in [0.2, 0.25) is 5.02 Å². The van der Waals surface area contributed by atoms with Gasteiger partial charge in [0, 0.05) is 6.54 Å². The molecule has 1 heterocycles. The summed E-state index contributed by atoms with van der Waals surface area (Å²) in [5, 5.41) is 4.83. The molecule has 0 aromatic carbocycles. The van der Waals surface area contributed by atoms with Crippen LogP contribution < -0.4 is 5.73 Å². The lowest BCUT2D eigenvalue weighted by molar-refractivity contribution is 0.311. The van der Waals surface area contributed by atoms with Crippen molar-refractivity contribution in [3.05, 3.63) is 16.9 Å². The molecule has 0 bridgehead atoms. The van der Waals surface area contributed by atoms with Crippen molar-refractivity contribution in [3.63, 3.8) is 0 Å². The molecule has 0 radical (unpaired) electrons. The van der Waals surface area contributed by atoms with Crippen LogP contribution in [0.1, 0.15) is 39.4 Å². The first-order valence-electron chi connectivity index (χ1n) is 4.84. The van der Waals surface area contributed by atoms with E-state index in [0.717, 1.165) is 12.2 Å². The lowest BCUT2D eigenvalue weighted by Gasteiger charge is -2.27. The van der Waals surface area contributed by atoms with Crippen molar-refractivity contribution >= 4 is 11.6 Å². The van der Waals surface area contributed by atoms with Gasteiger partial charge in [-0.25, -0.2) is 0 Å². The molecule has 1 rings (SSSR count). The molecule has 0 fully saturated rings. The number of nitrogens with zero attached hydrogens (tertiary/aromatic N) is 2. The zero-order valence-corrected chi connectivity index (χ0v) is 9.97. The van der Waals surface area contributed by atoms with Crippen molar-refractivity contribution in [1.82, 2.24) is 9.78 Å². The standard InChI is InChI=1S/C10H18ClN3/c1-5-14-8(7(11)6-13-14)9(12)10(2,3)4/h6,9H,5,12H2,1-4H3. The number of halogens is 1. The summed E-state index contributed by atoms with van der Waals surface area (Å²) >= 11 is 6.06. The monoisotopic (exact) mass is 215 g/mol. The predicted octanol–water partition coefficient (Wildman–Crippen LogP) is 2.60. The lowest BCUT2D eigenvalue weighted by atomic mass is 9.85. The minimum Gasteiger partial charge on any atom is -0.322 e. The van der Waals surface area contributed by atoms with E-state index in [1.54, 1.807) is 6.20 Å². The molecule has 0 saturated heterocycles. The summed E-state index contributed by atoms with van der Waals surface area (Å²) in [5.41, 5.74) is 7.08. The fourth-order valence-corrected chi connectivity index (χ4v) is 1.60. The van der Waals surface area contributed by atoms with Crippen LogP contribution in [-0.4, -0.2) is 9.78 Å². The Balaban J connectivity index is 3.11. The summed E-state index contributed by atoms with van der Waals surface area (Å²) in [6.45, 7) is 9.12. The highest BCUT2D eigenvalue weighted by atomic mass is 35.5. The van der Waals surface area contributed by atoms with Crippen LogP contribution in [0.4, 0.5) is 0 Å². The smallest absolute Gasteiger partial charge is 0.0834 e. The first-order chi connectivity index (χ1) is 6.38. The van der Waals surface area contributed by atoms with Gasteiger partial charge in [-0.05, 0) is 12.3 Å².